The quantitative estimate of drug-likeness (QED) is 0.844. The summed E-state index contributed by atoms with van der Waals surface area (Å²) in [7, 11) is 0. The van der Waals surface area contributed by atoms with Crippen molar-refractivity contribution in [1.82, 2.24) is 0 Å². The van der Waals surface area contributed by atoms with E-state index < -0.39 is 5.97 Å². The highest BCUT2D eigenvalue weighted by Crippen LogP contribution is 2.24. The van der Waals surface area contributed by atoms with Crippen molar-refractivity contribution in [1.29, 1.82) is 0 Å². The highest BCUT2D eigenvalue weighted by atomic mass is 32.1. The lowest BCUT2D eigenvalue weighted by molar-refractivity contribution is -0.130. The molecule has 0 aliphatic heterocycles. The summed E-state index contributed by atoms with van der Waals surface area (Å²) in [6.45, 7) is 2.45. The zero-order valence-corrected chi connectivity index (χ0v) is 11.3. The van der Waals surface area contributed by atoms with Gasteiger partial charge in [0.05, 0.1) is 12.2 Å². The van der Waals surface area contributed by atoms with Gasteiger partial charge < -0.3 is 9.84 Å². The minimum Gasteiger partial charge on any atom is -0.494 e. The summed E-state index contributed by atoms with van der Waals surface area (Å²) in [6, 6.07) is 10.9. The van der Waals surface area contributed by atoms with Gasteiger partial charge in [-0.15, -0.1) is 11.3 Å². The van der Waals surface area contributed by atoms with Crippen LogP contribution in [0.3, 0.4) is 0 Å². The van der Waals surface area contributed by atoms with E-state index in [1.807, 2.05) is 30.5 Å². The Morgan fingerprint density at radius 1 is 1.37 bits per heavy atom. The molecule has 4 heteroatoms. The van der Waals surface area contributed by atoms with Crippen molar-refractivity contribution in [3.05, 3.63) is 52.2 Å². The molecule has 19 heavy (non-hydrogen) atoms. The third-order valence-corrected chi connectivity index (χ3v) is 3.34. The fourth-order valence-electron chi connectivity index (χ4n) is 1.70. The van der Waals surface area contributed by atoms with Crippen molar-refractivity contribution in [2.45, 2.75) is 6.92 Å². The van der Waals surface area contributed by atoms with Crippen LogP contribution >= 0.6 is 11.3 Å². The molecule has 0 unspecified atom stereocenters. The summed E-state index contributed by atoms with van der Waals surface area (Å²) in [4.78, 5) is 12.3. The van der Waals surface area contributed by atoms with E-state index in [0.717, 1.165) is 4.88 Å². The van der Waals surface area contributed by atoms with Crippen molar-refractivity contribution in [2.75, 3.05) is 6.61 Å². The second-order valence-corrected chi connectivity index (χ2v) is 4.82. The highest BCUT2D eigenvalue weighted by Gasteiger charge is 2.11. The lowest BCUT2D eigenvalue weighted by Crippen LogP contribution is -2.00. The Morgan fingerprint density at radius 2 is 2.21 bits per heavy atom. The lowest BCUT2D eigenvalue weighted by Gasteiger charge is -2.06. The van der Waals surface area contributed by atoms with Gasteiger partial charge in [0.15, 0.2) is 0 Å². The molecule has 1 N–H and O–H groups in total. The second kappa shape index (κ2) is 6.20. The minimum atomic E-state index is -0.943. The average Bonchev–Trinajstić information content (AvgIpc) is 2.89. The van der Waals surface area contributed by atoms with E-state index in [1.165, 1.54) is 11.3 Å². The number of hydrogen-bond donors (Lipinski definition) is 1. The molecule has 2 rings (SSSR count). The fraction of sp³-hybridized carbons (Fsp3) is 0.133. The number of hydrogen-bond acceptors (Lipinski definition) is 3. The molecule has 2 aromatic rings. The Labute approximate surface area is 115 Å². The summed E-state index contributed by atoms with van der Waals surface area (Å²) in [6.07, 6.45) is 1.68. The van der Waals surface area contributed by atoms with Crippen molar-refractivity contribution in [2.24, 2.45) is 0 Å². The predicted molar refractivity (Wildman–Crippen MR) is 77.4 cm³/mol. The monoisotopic (exact) mass is 274 g/mol. The lowest BCUT2D eigenvalue weighted by atomic mass is 10.1. The van der Waals surface area contributed by atoms with Crippen molar-refractivity contribution in [3.63, 3.8) is 0 Å². The van der Waals surface area contributed by atoms with E-state index in [0.29, 0.717) is 17.9 Å². The van der Waals surface area contributed by atoms with Gasteiger partial charge in [0.1, 0.15) is 5.75 Å². The summed E-state index contributed by atoms with van der Waals surface area (Å²) in [5, 5.41) is 11.3. The maximum absolute atomic E-state index is 11.4. The number of aliphatic carboxylic acids is 1. The van der Waals surface area contributed by atoms with Crippen LogP contribution in [-0.2, 0) is 4.79 Å². The number of thiophene rings is 1. The number of rotatable bonds is 5. The fourth-order valence-corrected chi connectivity index (χ4v) is 2.36. The smallest absolute Gasteiger partial charge is 0.336 e. The molecule has 0 atom stereocenters. The van der Waals surface area contributed by atoms with Gasteiger partial charge in [-0.2, -0.15) is 0 Å². The summed E-state index contributed by atoms with van der Waals surface area (Å²) >= 11 is 1.51. The van der Waals surface area contributed by atoms with Crippen LogP contribution in [0.1, 0.15) is 17.4 Å². The first-order chi connectivity index (χ1) is 9.20. The van der Waals surface area contributed by atoms with Gasteiger partial charge in [0, 0.05) is 4.88 Å². The molecule has 0 fully saturated rings. The van der Waals surface area contributed by atoms with Gasteiger partial charge >= 0.3 is 5.97 Å². The normalized spacial score (nSPS) is 11.3. The molecule has 0 radical (unpaired) electrons. The van der Waals surface area contributed by atoms with Crippen LogP contribution in [0.25, 0.3) is 11.6 Å². The van der Waals surface area contributed by atoms with E-state index in [4.69, 9.17) is 4.74 Å². The first-order valence-electron chi connectivity index (χ1n) is 5.92. The third-order valence-electron chi connectivity index (χ3n) is 2.52. The molecule has 98 valence electrons. The van der Waals surface area contributed by atoms with Crippen LogP contribution in [0.4, 0.5) is 0 Å². The number of carboxylic acids is 1. The van der Waals surface area contributed by atoms with E-state index in [2.05, 4.69) is 0 Å². The number of benzene rings is 1. The van der Waals surface area contributed by atoms with Crippen LogP contribution in [0.15, 0.2) is 41.8 Å². The van der Waals surface area contributed by atoms with Crippen LogP contribution < -0.4 is 4.74 Å². The molecule has 1 aromatic carbocycles. The van der Waals surface area contributed by atoms with Gasteiger partial charge in [0.2, 0.25) is 0 Å². The first-order valence-corrected chi connectivity index (χ1v) is 6.80. The minimum absolute atomic E-state index is 0.268. The van der Waals surface area contributed by atoms with E-state index in [1.54, 1.807) is 24.3 Å². The first kappa shape index (κ1) is 13.4. The van der Waals surface area contributed by atoms with E-state index in [9.17, 15) is 9.90 Å². The van der Waals surface area contributed by atoms with Gasteiger partial charge in [-0.05, 0) is 42.1 Å². The summed E-state index contributed by atoms with van der Waals surface area (Å²) in [5.74, 6) is -0.264. The second-order valence-electron chi connectivity index (χ2n) is 3.84. The van der Waals surface area contributed by atoms with Gasteiger partial charge in [-0.3, -0.25) is 0 Å². The topological polar surface area (TPSA) is 46.5 Å². The Kier molecular flexibility index (Phi) is 4.36. The summed E-state index contributed by atoms with van der Waals surface area (Å²) < 4.78 is 5.39. The molecule has 0 saturated heterocycles. The Hall–Kier alpha value is -2.07. The Balaban J connectivity index is 2.39. The van der Waals surface area contributed by atoms with E-state index >= 15 is 0 Å². The molecule has 0 bridgehead atoms. The number of carboxylic acid groups (broad SMARTS) is 1. The van der Waals surface area contributed by atoms with Crippen LogP contribution in [0.5, 0.6) is 5.75 Å². The molecule has 0 aliphatic carbocycles. The molecule has 1 heterocycles. The molecule has 0 amide bonds. The van der Waals surface area contributed by atoms with Gasteiger partial charge in [-0.1, -0.05) is 18.2 Å². The molecule has 0 saturated carbocycles. The molecule has 0 spiro atoms. The van der Waals surface area contributed by atoms with Crippen LogP contribution in [-0.4, -0.2) is 17.7 Å². The van der Waals surface area contributed by atoms with Crippen LogP contribution in [0, 0.1) is 0 Å². The maximum atomic E-state index is 11.4. The molecular formula is C15H14O3S. The summed E-state index contributed by atoms with van der Waals surface area (Å²) in [5.41, 5.74) is 0.913. The molecule has 3 nitrogen and oxygen atoms in total. The zero-order chi connectivity index (χ0) is 13.7. The average molecular weight is 274 g/mol. The SMILES string of the molecule is CCOc1cccc(/C(=C/c2cccs2)C(=O)O)c1. The Morgan fingerprint density at radius 3 is 2.84 bits per heavy atom. The highest BCUT2D eigenvalue weighted by molar-refractivity contribution is 7.10. The molecule has 1 aromatic heterocycles. The largest absolute Gasteiger partial charge is 0.494 e. The number of ether oxygens (including phenoxy) is 1. The standard InChI is InChI=1S/C15H14O3S/c1-2-18-12-6-3-5-11(9-12)14(15(16)17)10-13-7-4-8-19-13/h3-10H,2H2,1H3,(H,16,17)/b14-10-. The maximum Gasteiger partial charge on any atom is 0.336 e. The van der Waals surface area contributed by atoms with Gasteiger partial charge in [-0.25, -0.2) is 4.79 Å². The number of carbonyl (C=O) groups is 1. The van der Waals surface area contributed by atoms with Gasteiger partial charge in [0.25, 0.3) is 0 Å². The van der Waals surface area contributed by atoms with Crippen molar-refractivity contribution >= 4 is 29.0 Å². The molecular weight excluding hydrogens is 260 g/mol. The van der Waals surface area contributed by atoms with E-state index in [-0.39, 0.29) is 5.57 Å². The van der Waals surface area contributed by atoms with Crippen molar-refractivity contribution < 1.29 is 14.6 Å². The van der Waals surface area contributed by atoms with Crippen molar-refractivity contribution in [3.8, 4) is 5.75 Å². The third kappa shape index (κ3) is 3.45. The Bertz CT molecular complexity index is 585. The molecule has 0 aliphatic rings. The zero-order valence-electron chi connectivity index (χ0n) is 10.5. The predicted octanol–water partition coefficient (Wildman–Crippen LogP) is 3.77. The van der Waals surface area contributed by atoms with Crippen LogP contribution in [0.2, 0.25) is 0 Å².